The van der Waals surface area contributed by atoms with Gasteiger partial charge in [0.05, 0.1) is 16.7 Å². The molecule has 7 heteroatoms. The second kappa shape index (κ2) is 6.19. The summed E-state index contributed by atoms with van der Waals surface area (Å²) in [6.45, 7) is 3.72. The Morgan fingerprint density at radius 1 is 1.28 bits per heavy atom. The molecule has 1 aromatic carbocycles. The van der Waals surface area contributed by atoms with Crippen LogP contribution in [0, 0.1) is 0 Å². The number of halogens is 3. The third kappa shape index (κ3) is 6.02. The molecule has 0 heterocycles. The summed E-state index contributed by atoms with van der Waals surface area (Å²) in [5.74, 6) is -0.0429. The van der Waals surface area contributed by atoms with Gasteiger partial charge in [-0.05, 0) is 31.5 Å². The van der Waals surface area contributed by atoms with E-state index in [2.05, 4.69) is 9.46 Å². The minimum Gasteiger partial charge on any atom is -0.406 e. The van der Waals surface area contributed by atoms with Gasteiger partial charge >= 0.3 is 6.36 Å². The zero-order valence-electron chi connectivity index (χ0n) is 9.95. The van der Waals surface area contributed by atoms with Crippen molar-refractivity contribution in [2.75, 3.05) is 0 Å². The standard InChI is InChI=1S/C11H14F3NO2S/c1-8(2)15-18(16)7-9-3-5-10(6-4-9)17-11(12,13)14/h3-6,8,15H,7H2,1-2H3. The average molecular weight is 281 g/mol. The molecule has 18 heavy (non-hydrogen) atoms. The van der Waals surface area contributed by atoms with Crippen LogP contribution in [0.3, 0.4) is 0 Å². The number of ether oxygens (including phenoxy) is 1. The molecular formula is C11H14F3NO2S. The molecular weight excluding hydrogens is 267 g/mol. The second-order valence-corrected chi connectivity index (χ2v) is 5.17. The van der Waals surface area contributed by atoms with Gasteiger partial charge < -0.3 is 4.74 Å². The van der Waals surface area contributed by atoms with E-state index in [1.165, 1.54) is 24.3 Å². The molecule has 0 saturated carbocycles. The molecule has 1 N–H and O–H groups in total. The molecule has 0 aliphatic rings. The van der Waals surface area contributed by atoms with Gasteiger partial charge in [0.1, 0.15) is 5.75 Å². The highest BCUT2D eigenvalue weighted by Gasteiger charge is 2.30. The maximum absolute atomic E-state index is 11.9. The van der Waals surface area contributed by atoms with E-state index in [0.717, 1.165) is 0 Å². The van der Waals surface area contributed by atoms with Gasteiger partial charge in [0.15, 0.2) is 0 Å². The Bertz CT molecular complexity index is 404. The van der Waals surface area contributed by atoms with E-state index >= 15 is 0 Å². The van der Waals surface area contributed by atoms with Crippen molar-refractivity contribution in [2.24, 2.45) is 0 Å². The molecule has 3 nitrogen and oxygen atoms in total. The van der Waals surface area contributed by atoms with Crippen LogP contribution in [0.2, 0.25) is 0 Å². The van der Waals surface area contributed by atoms with Crippen LogP contribution in [0.1, 0.15) is 19.4 Å². The van der Waals surface area contributed by atoms with Gasteiger partial charge in [0.2, 0.25) is 0 Å². The van der Waals surface area contributed by atoms with E-state index in [0.29, 0.717) is 5.56 Å². The van der Waals surface area contributed by atoms with Crippen LogP contribution in [0.25, 0.3) is 0 Å². The largest absolute Gasteiger partial charge is 0.573 e. The van der Waals surface area contributed by atoms with Crippen LogP contribution >= 0.6 is 0 Å². The Hall–Kier alpha value is -1.08. The Morgan fingerprint density at radius 3 is 2.28 bits per heavy atom. The van der Waals surface area contributed by atoms with Crippen LogP contribution in [0.4, 0.5) is 13.2 Å². The molecule has 0 aliphatic carbocycles. The summed E-state index contributed by atoms with van der Waals surface area (Å²) >= 11 is 0. The van der Waals surface area contributed by atoms with E-state index in [1.807, 2.05) is 13.8 Å². The molecule has 0 radical (unpaired) electrons. The molecule has 0 fully saturated rings. The van der Waals surface area contributed by atoms with Crippen LogP contribution in [-0.4, -0.2) is 16.6 Å². The normalized spacial score (nSPS) is 13.7. The molecule has 1 aromatic rings. The van der Waals surface area contributed by atoms with Crippen LogP contribution in [0.5, 0.6) is 5.75 Å². The van der Waals surface area contributed by atoms with Gasteiger partial charge in [-0.2, -0.15) is 0 Å². The molecule has 0 aliphatic heterocycles. The quantitative estimate of drug-likeness (QED) is 0.901. The number of benzene rings is 1. The fraction of sp³-hybridized carbons (Fsp3) is 0.455. The van der Waals surface area contributed by atoms with Gasteiger partial charge in [-0.15, -0.1) is 13.2 Å². The number of hydrogen-bond donors (Lipinski definition) is 1. The fourth-order valence-corrected chi connectivity index (χ4v) is 2.35. The van der Waals surface area contributed by atoms with Gasteiger partial charge in [-0.1, -0.05) is 12.1 Å². The summed E-state index contributed by atoms with van der Waals surface area (Å²) in [6, 6.07) is 5.41. The number of nitrogens with one attached hydrogen (secondary N) is 1. The van der Waals surface area contributed by atoms with E-state index in [1.54, 1.807) is 0 Å². The van der Waals surface area contributed by atoms with E-state index in [-0.39, 0.29) is 17.5 Å². The molecule has 0 aromatic heterocycles. The summed E-state index contributed by atoms with van der Waals surface area (Å²) in [5, 5.41) is 0. The van der Waals surface area contributed by atoms with Crippen molar-refractivity contribution in [3.05, 3.63) is 29.8 Å². The Labute approximate surface area is 106 Å². The molecule has 102 valence electrons. The molecule has 0 bridgehead atoms. The highest BCUT2D eigenvalue weighted by Crippen LogP contribution is 2.22. The van der Waals surface area contributed by atoms with Crippen molar-refractivity contribution >= 4 is 11.0 Å². The lowest BCUT2D eigenvalue weighted by Gasteiger charge is -2.10. The lowest BCUT2D eigenvalue weighted by atomic mass is 10.2. The topological polar surface area (TPSA) is 38.3 Å². The van der Waals surface area contributed by atoms with Crippen molar-refractivity contribution in [3.8, 4) is 5.75 Å². The summed E-state index contributed by atoms with van der Waals surface area (Å²) in [6.07, 6.45) is -4.69. The highest BCUT2D eigenvalue weighted by atomic mass is 32.2. The first-order valence-corrected chi connectivity index (χ1v) is 6.57. The van der Waals surface area contributed by atoms with Crippen LogP contribution in [0.15, 0.2) is 24.3 Å². The first-order chi connectivity index (χ1) is 8.26. The Morgan fingerprint density at radius 2 is 1.83 bits per heavy atom. The number of rotatable bonds is 5. The smallest absolute Gasteiger partial charge is 0.406 e. The lowest BCUT2D eigenvalue weighted by molar-refractivity contribution is -0.274. The predicted octanol–water partition coefficient (Wildman–Crippen LogP) is 2.75. The van der Waals surface area contributed by atoms with E-state index < -0.39 is 17.3 Å². The van der Waals surface area contributed by atoms with Crippen LogP contribution in [-0.2, 0) is 16.7 Å². The van der Waals surface area contributed by atoms with Gasteiger partial charge in [0.25, 0.3) is 0 Å². The number of alkyl halides is 3. The zero-order chi connectivity index (χ0) is 13.8. The minimum absolute atomic E-state index is 0.0821. The third-order valence-corrected chi connectivity index (χ3v) is 3.15. The highest BCUT2D eigenvalue weighted by molar-refractivity contribution is 7.82. The van der Waals surface area contributed by atoms with Crippen molar-refractivity contribution in [3.63, 3.8) is 0 Å². The predicted molar refractivity (Wildman–Crippen MR) is 63.2 cm³/mol. The van der Waals surface area contributed by atoms with E-state index in [4.69, 9.17) is 0 Å². The second-order valence-electron chi connectivity index (χ2n) is 3.95. The first-order valence-electron chi connectivity index (χ1n) is 5.25. The lowest BCUT2D eigenvalue weighted by Crippen LogP contribution is -2.26. The summed E-state index contributed by atoms with van der Waals surface area (Å²) in [5.41, 5.74) is 0.677. The first kappa shape index (κ1) is 15.0. The molecule has 1 unspecified atom stereocenters. The van der Waals surface area contributed by atoms with Crippen LogP contribution < -0.4 is 9.46 Å². The Balaban J connectivity index is 2.58. The van der Waals surface area contributed by atoms with Crippen molar-refractivity contribution in [1.29, 1.82) is 0 Å². The SMILES string of the molecule is CC(C)NS(=O)Cc1ccc(OC(F)(F)F)cc1. The number of hydrogen-bond acceptors (Lipinski definition) is 2. The minimum atomic E-state index is -4.69. The Kier molecular flexibility index (Phi) is 5.15. The van der Waals surface area contributed by atoms with Gasteiger partial charge in [-0.25, -0.2) is 8.93 Å². The summed E-state index contributed by atoms with van der Waals surface area (Å²) in [4.78, 5) is 0. The van der Waals surface area contributed by atoms with Crippen molar-refractivity contribution < 1.29 is 22.1 Å². The van der Waals surface area contributed by atoms with Gasteiger partial charge in [-0.3, -0.25) is 0 Å². The molecule has 0 saturated heterocycles. The molecule has 1 rings (SSSR count). The van der Waals surface area contributed by atoms with E-state index in [9.17, 15) is 17.4 Å². The summed E-state index contributed by atoms with van der Waals surface area (Å²) < 4.78 is 53.8. The summed E-state index contributed by atoms with van der Waals surface area (Å²) in [7, 11) is -1.24. The molecule has 0 spiro atoms. The maximum Gasteiger partial charge on any atom is 0.573 e. The van der Waals surface area contributed by atoms with Gasteiger partial charge in [0, 0.05) is 6.04 Å². The average Bonchev–Trinajstić information content (AvgIpc) is 2.17. The van der Waals surface area contributed by atoms with Crippen molar-refractivity contribution in [1.82, 2.24) is 4.72 Å². The maximum atomic E-state index is 11.9. The zero-order valence-corrected chi connectivity index (χ0v) is 10.8. The fourth-order valence-electron chi connectivity index (χ4n) is 1.24. The molecule has 0 amide bonds. The monoisotopic (exact) mass is 281 g/mol. The molecule has 1 atom stereocenters. The third-order valence-electron chi connectivity index (χ3n) is 1.82. The van der Waals surface area contributed by atoms with Crippen molar-refractivity contribution in [2.45, 2.75) is 32.0 Å².